The average Bonchev–Trinajstić information content (AvgIpc) is 2.88. The third-order valence-electron chi connectivity index (χ3n) is 4.04. The van der Waals surface area contributed by atoms with Crippen molar-refractivity contribution in [1.82, 2.24) is 5.32 Å². The normalized spacial score (nSPS) is 27.2. The molecule has 106 valence electrons. The van der Waals surface area contributed by atoms with Crippen molar-refractivity contribution < 1.29 is 17.9 Å². The third kappa shape index (κ3) is 4.12. The summed E-state index contributed by atoms with van der Waals surface area (Å²) in [7, 11) is 0. The van der Waals surface area contributed by atoms with Crippen molar-refractivity contribution in [3.05, 3.63) is 0 Å². The first kappa shape index (κ1) is 14.1. The second kappa shape index (κ2) is 5.78. The molecule has 1 saturated heterocycles. The summed E-state index contributed by atoms with van der Waals surface area (Å²) in [5, 5.41) is 3.08. The number of rotatable bonds is 5. The van der Waals surface area contributed by atoms with Gasteiger partial charge in [0, 0.05) is 13.0 Å². The Kier molecular flexibility index (Phi) is 4.54. The summed E-state index contributed by atoms with van der Waals surface area (Å²) in [6, 6.07) is 0. The fourth-order valence-corrected chi connectivity index (χ4v) is 3.10. The standard InChI is InChI=1S/C13H22F3NO/c14-13(15,16)7-3-9-17-10-11-4-8-12(18-11)5-1-2-6-12/h11,17H,1-10H2. The van der Waals surface area contributed by atoms with E-state index in [-0.39, 0.29) is 18.1 Å². The minimum atomic E-state index is -4.03. The number of ether oxygens (including phenoxy) is 1. The van der Waals surface area contributed by atoms with Gasteiger partial charge in [-0.3, -0.25) is 0 Å². The molecule has 0 amide bonds. The minimum Gasteiger partial charge on any atom is -0.370 e. The largest absolute Gasteiger partial charge is 0.389 e. The van der Waals surface area contributed by atoms with Crippen molar-refractivity contribution in [1.29, 1.82) is 0 Å². The lowest BCUT2D eigenvalue weighted by Gasteiger charge is -2.23. The maximum atomic E-state index is 11.9. The van der Waals surface area contributed by atoms with E-state index in [1.54, 1.807) is 0 Å². The maximum absolute atomic E-state index is 11.9. The van der Waals surface area contributed by atoms with Gasteiger partial charge in [0.2, 0.25) is 0 Å². The average molecular weight is 265 g/mol. The van der Waals surface area contributed by atoms with Gasteiger partial charge in [-0.05, 0) is 38.6 Å². The van der Waals surface area contributed by atoms with Gasteiger partial charge < -0.3 is 10.1 Å². The Morgan fingerprint density at radius 3 is 2.56 bits per heavy atom. The molecule has 2 fully saturated rings. The van der Waals surface area contributed by atoms with Crippen LogP contribution in [-0.2, 0) is 4.74 Å². The van der Waals surface area contributed by atoms with Crippen LogP contribution in [0.2, 0.25) is 0 Å². The first-order valence-corrected chi connectivity index (χ1v) is 6.94. The van der Waals surface area contributed by atoms with Crippen molar-refractivity contribution in [2.24, 2.45) is 0 Å². The Morgan fingerprint density at radius 2 is 1.89 bits per heavy atom. The summed E-state index contributed by atoms with van der Waals surface area (Å²) in [4.78, 5) is 0. The molecule has 1 saturated carbocycles. The van der Waals surface area contributed by atoms with Crippen LogP contribution < -0.4 is 5.32 Å². The van der Waals surface area contributed by atoms with E-state index in [9.17, 15) is 13.2 Å². The number of nitrogens with one attached hydrogen (secondary N) is 1. The Bertz CT molecular complexity index is 261. The number of halogens is 3. The van der Waals surface area contributed by atoms with Gasteiger partial charge in [0.15, 0.2) is 0 Å². The summed E-state index contributed by atoms with van der Waals surface area (Å²) in [5.74, 6) is 0. The number of alkyl halides is 3. The highest BCUT2D eigenvalue weighted by molar-refractivity contribution is 4.93. The van der Waals surface area contributed by atoms with Gasteiger partial charge in [-0.2, -0.15) is 13.2 Å². The van der Waals surface area contributed by atoms with E-state index in [0.717, 1.165) is 25.7 Å². The molecule has 5 heteroatoms. The number of hydrogen-bond acceptors (Lipinski definition) is 2. The van der Waals surface area contributed by atoms with Crippen molar-refractivity contribution >= 4 is 0 Å². The van der Waals surface area contributed by atoms with Crippen LogP contribution in [0.1, 0.15) is 51.4 Å². The van der Waals surface area contributed by atoms with Gasteiger partial charge >= 0.3 is 6.18 Å². The van der Waals surface area contributed by atoms with Crippen LogP contribution in [0.3, 0.4) is 0 Å². The molecule has 1 spiro atoms. The van der Waals surface area contributed by atoms with Crippen LogP contribution in [0.25, 0.3) is 0 Å². The van der Waals surface area contributed by atoms with Crippen molar-refractivity contribution in [3.8, 4) is 0 Å². The first-order valence-electron chi connectivity index (χ1n) is 6.94. The molecule has 2 rings (SSSR count). The number of hydrogen-bond donors (Lipinski definition) is 1. The quantitative estimate of drug-likeness (QED) is 0.769. The Labute approximate surface area is 106 Å². The van der Waals surface area contributed by atoms with Gasteiger partial charge in [0.1, 0.15) is 0 Å². The monoisotopic (exact) mass is 265 g/mol. The molecule has 0 bridgehead atoms. The predicted octanol–water partition coefficient (Wildman–Crippen LogP) is 3.41. The lowest BCUT2D eigenvalue weighted by molar-refractivity contribution is -0.135. The molecule has 1 unspecified atom stereocenters. The van der Waals surface area contributed by atoms with Gasteiger partial charge in [-0.1, -0.05) is 12.8 Å². The molecular formula is C13H22F3NO. The van der Waals surface area contributed by atoms with Gasteiger partial charge in [-0.15, -0.1) is 0 Å². The van der Waals surface area contributed by atoms with E-state index in [1.165, 1.54) is 12.8 Å². The molecule has 2 aliphatic rings. The molecule has 1 heterocycles. The van der Waals surface area contributed by atoms with E-state index >= 15 is 0 Å². The zero-order valence-corrected chi connectivity index (χ0v) is 10.7. The topological polar surface area (TPSA) is 21.3 Å². The molecule has 0 aromatic carbocycles. The lowest BCUT2D eigenvalue weighted by Crippen LogP contribution is -2.31. The molecule has 1 N–H and O–H groups in total. The van der Waals surface area contributed by atoms with E-state index in [2.05, 4.69) is 5.32 Å². The van der Waals surface area contributed by atoms with Crippen molar-refractivity contribution in [2.75, 3.05) is 13.1 Å². The summed E-state index contributed by atoms with van der Waals surface area (Å²) < 4.78 is 41.9. The van der Waals surface area contributed by atoms with Crippen molar-refractivity contribution in [2.45, 2.75) is 69.2 Å². The summed E-state index contributed by atoms with van der Waals surface area (Å²) in [6.07, 6.45) is 2.64. The van der Waals surface area contributed by atoms with Crippen LogP contribution >= 0.6 is 0 Å². The van der Waals surface area contributed by atoms with E-state index in [1.807, 2.05) is 0 Å². The summed E-state index contributed by atoms with van der Waals surface area (Å²) in [6.45, 7) is 1.12. The van der Waals surface area contributed by atoms with Crippen LogP contribution in [0.15, 0.2) is 0 Å². The van der Waals surface area contributed by atoms with E-state index in [4.69, 9.17) is 4.74 Å². The Morgan fingerprint density at radius 1 is 1.17 bits per heavy atom. The van der Waals surface area contributed by atoms with Gasteiger partial charge in [0.25, 0.3) is 0 Å². The zero-order valence-electron chi connectivity index (χ0n) is 10.7. The molecule has 1 atom stereocenters. The predicted molar refractivity (Wildman–Crippen MR) is 63.5 cm³/mol. The highest BCUT2D eigenvalue weighted by Crippen LogP contribution is 2.43. The fourth-order valence-electron chi connectivity index (χ4n) is 3.10. The molecule has 18 heavy (non-hydrogen) atoms. The van der Waals surface area contributed by atoms with Crippen molar-refractivity contribution in [3.63, 3.8) is 0 Å². The first-order chi connectivity index (χ1) is 8.49. The Balaban J connectivity index is 1.55. The highest BCUT2D eigenvalue weighted by atomic mass is 19.4. The smallest absolute Gasteiger partial charge is 0.370 e. The molecular weight excluding hydrogens is 243 g/mol. The van der Waals surface area contributed by atoms with E-state index < -0.39 is 12.6 Å². The van der Waals surface area contributed by atoms with Gasteiger partial charge in [0.05, 0.1) is 11.7 Å². The fraction of sp³-hybridized carbons (Fsp3) is 1.00. The molecule has 2 nitrogen and oxygen atoms in total. The van der Waals surface area contributed by atoms with Gasteiger partial charge in [-0.25, -0.2) is 0 Å². The maximum Gasteiger partial charge on any atom is 0.389 e. The van der Waals surface area contributed by atoms with Crippen LogP contribution in [0.5, 0.6) is 0 Å². The highest BCUT2D eigenvalue weighted by Gasteiger charge is 2.41. The molecule has 0 aromatic rings. The summed E-state index contributed by atoms with van der Waals surface area (Å²) in [5.41, 5.74) is 0.123. The third-order valence-corrected chi connectivity index (χ3v) is 4.04. The summed E-state index contributed by atoms with van der Waals surface area (Å²) >= 11 is 0. The molecule has 0 aromatic heterocycles. The molecule has 1 aliphatic carbocycles. The van der Waals surface area contributed by atoms with E-state index in [0.29, 0.717) is 13.1 Å². The Hall–Kier alpha value is -0.290. The zero-order chi connectivity index (χ0) is 13.1. The second-order valence-electron chi connectivity index (χ2n) is 5.59. The minimum absolute atomic E-state index is 0.123. The van der Waals surface area contributed by atoms with Crippen LogP contribution in [0, 0.1) is 0 Å². The SMILES string of the molecule is FC(F)(F)CCCNCC1CCC2(CCCC2)O1. The second-order valence-corrected chi connectivity index (χ2v) is 5.59. The molecule has 0 radical (unpaired) electrons. The van der Waals surface area contributed by atoms with Crippen LogP contribution in [0.4, 0.5) is 13.2 Å². The van der Waals surface area contributed by atoms with Crippen LogP contribution in [-0.4, -0.2) is 31.0 Å². The lowest BCUT2D eigenvalue weighted by atomic mass is 9.98. The molecule has 1 aliphatic heterocycles.